The topological polar surface area (TPSA) is 53.6 Å². The van der Waals surface area contributed by atoms with Gasteiger partial charge in [0, 0.05) is 32.8 Å². The molecule has 0 saturated carbocycles. The Kier molecular flexibility index (Phi) is 5.96. The molecule has 5 nitrogen and oxygen atoms in total. The van der Waals surface area contributed by atoms with Crippen LogP contribution < -0.4 is 10.6 Å². The molecule has 5 heteroatoms. The quantitative estimate of drug-likeness (QED) is 0.833. The highest BCUT2D eigenvalue weighted by Gasteiger charge is 2.30. The molecule has 0 aromatic carbocycles. The summed E-state index contributed by atoms with van der Waals surface area (Å²) in [5, 5.41) is 6.55. The third kappa shape index (κ3) is 4.35. The summed E-state index contributed by atoms with van der Waals surface area (Å²) in [6.45, 7) is 6.79. The Morgan fingerprint density at radius 2 is 2.05 bits per heavy atom. The number of carbonyl (C=O) groups excluding carboxylic acids is 1. The van der Waals surface area contributed by atoms with Crippen molar-refractivity contribution in [3.63, 3.8) is 0 Å². The maximum absolute atomic E-state index is 12.2. The Hall–Kier alpha value is -0.810. The first-order chi connectivity index (χ1) is 10.8. The summed E-state index contributed by atoms with van der Waals surface area (Å²) in [5.74, 6) is 2.24. The van der Waals surface area contributed by atoms with E-state index < -0.39 is 0 Å². The Balaban J connectivity index is 1.31. The minimum absolute atomic E-state index is 0.143. The van der Waals surface area contributed by atoms with Crippen LogP contribution in [-0.4, -0.2) is 56.9 Å². The second kappa shape index (κ2) is 8.16. The van der Waals surface area contributed by atoms with Gasteiger partial charge in [0.2, 0.25) is 0 Å². The number of ether oxygens (including phenoxy) is 1. The number of amides is 2. The SMILES string of the molecule is O=C(NCCC1CCCNC1)N1CCC(C2CCOC2)CC1. The first-order valence-electron chi connectivity index (χ1n) is 9.14. The van der Waals surface area contributed by atoms with Crippen LogP contribution in [0.15, 0.2) is 0 Å². The summed E-state index contributed by atoms with van der Waals surface area (Å²) in [6.07, 6.45) is 7.19. The summed E-state index contributed by atoms with van der Waals surface area (Å²) in [5.41, 5.74) is 0. The zero-order valence-corrected chi connectivity index (χ0v) is 13.7. The molecule has 3 fully saturated rings. The van der Waals surface area contributed by atoms with Gasteiger partial charge in [-0.3, -0.25) is 0 Å². The second-order valence-electron chi connectivity index (χ2n) is 7.18. The predicted octanol–water partition coefficient (Wildman–Crippen LogP) is 1.83. The number of likely N-dealkylation sites (tertiary alicyclic amines) is 1. The molecule has 3 rings (SSSR count). The van der Waals surface area contributed by atoms with Crippen molar-refractivity contribution in [3.8, 4) is 0 Å². The molecule has 22 heavy (non-hydrogen) atoms. The van der Waals surface area contributed by atoms with Gasteiger partial charge in [-0.15, -0.1) is 0 Å². The van der Waals surface area contributed by atoms with Crippen molar-refractivity contribution in [2.75, 3.05) is 45.9 Å². The van der Waals surface area contributed by atoms with Crippen molar-refractivity contribution in [1.29, 1.82) is 0 Å². The van der Waals surface area contributed by atoms with Crippen molar-refractivity contribution >= 4 is 6.03 Å². The van der Waals surface area contributed by atoms with Gasteiger partial charge in [-0.2, -0.15) is 0 Å². The van der Waals surface area contributed by atoms with Gasteiger partial charge >= 0.3 is 6.03 Å². The average Bonchev–Trinajstić information content (AvgIpc) is 3.10. The number of rotatable bonds is 4. The van der Waals surface area contributed by atoms with Gasteiger partial charge in [0.1, 0.15) is 0 Å². The van der Waals surface area contributed by atoms with E-state index >= 15 is 0 Å². The number of hydrogen-bond acceptors (Lipinski definition) is 3. The molecule has 0 radical (unpaired) electrons. The van der Waals surface area contributed by atoms with Crippen LogP contribution in [0.25, 0.3) is 0 Å². The Morgan fingerprint density at radius 3 is 2.73 bits per heavy atom. The number of nitrogens with zero attached hydrogens (tertiary/aromatic N) is 1. The Bertz CT molecular complexity index is 344. The normalized spacial score (nSPS) is 30.5. The molecule has 2 amide bonds. The zero-order chi connectivity index (χ0) is 15.2. The van der Waals surface area contributed by atoms with Crippen LogP contribution >= 0.6 is 0 Å². The lowest BCUT2D eigenvalue weighted by atomic mass is 9.84. The van der Waals surface area contributed by atoms with Gasteiger partial charge in [-0.25, -0.2) is 4.79 Å². The van der Waals surface area contributed by atoms with Crippen molar-refractivity contribution in [3.05, 3.63) is 0 Å². The third-order valence-electron chi connectivity index (χ3n) is 5.69. The number of carbonyl (C=O) groups is 1. The lowest BCUT2D eigenvalue weighted by molar-refractivity contribution is 0.131. The van der Waals surface area contributed by atoms with E-state index in [1.807, 2.05) is 4.90 Å². The van der Waals surface area contributed by atoms with Crippen LogP contribution in [0.2, 0.25) is 0 Å². The van der Waals surface area contributed by atoms with E-state index in [2.05, 4.69) is 10.6 Å². The van der Waals surface area contributed by atoms with E-state index in [0.29, 0.717) is 0 Å². The van der Waals surface area contributed by atoms with Crippen molar-refractivity contribution < 1.29 is 9.53 Å². The molecule has 0 aliphatic carbocycles. The molecule has 3 saturated heterocycles. The lowest BCUT2D eigenvalue weighted by Crippen LogP contribution is -2.46. The van der Waals surface area contributed by atoms with Gasteiger partial charge in [0.05, 0.1) is 0 Å². The Labute approximate surface area is 134 Å². The highest BCUT2D eigenvalue weighted by atomic mass is 16.5. The molecule has 3 aliphatic rings. The number of hydrogen-bond donors (Lipinski definition) is 2. The lowest BCUT2D eigenvalue weighted by Gasteiger charge is -2.34. The maximum atomic E-state index is 12.2. The molecule has 0 aromatic heterocycles. The third-order valence-corrected chi connectivity index (χ3v) is 5.69. The molecule has 0 aromatic rings. The summed E-state index contributed by atoms with van der Waals surface area (Å²) in [4.78, 5) is 14.2. The highest BCUT2D eigenvalue weighted by molar-refractivity contribution is 5.74. The van der Waals surface area contributed by atoms with Gasteiger partial charge in [-0.05, 0) is 69.4 Å². The van der Waals surface area contributed by atoms with Crippen LogP contribution in [0.4, 0.5) is 4.79 Å². The largest absolute Gasteiger partial charge is 0.381 e. The van der Waals surface area contributed by atoms with Crippen molar-refractivity contribution in [1.82, 2.24) is 15.5 Å². The van der Waals surface area contributed by atoms with E-state index in [0.717, 1.165) is 83.0 Å². The smallest absolute Gasteiger partial charge is 0.317 e. The van der Waals surface area contributed by atoms with Gasteiger partial charge in [0.15, 0.2) is 0 Å². The van der Waals surface area contributed by atoms with E-state index in [1.165, 1.54) is 19.3 Å². The molecule has 2 N–H and O–H groups in total. The monoisotopic (exact) mass is 309 g/mol. The Morgan fingerprint density at radius 1 is 1.18 bits per heavy atom. The van der Waals surface area contributed by atoms with E-state index in [1.54, 1.807) is 0 Å². The van der Waals surface area contributed by atoms with Crippen LogP contribution in [0.1, 0.15) is 38.5 Å². The first-order valence-corrected chi connectivity index (χ1v) is 9.14. The molecule has 3 heterocycles. The summed E-state index contributed by atoms with van der Waals surface area (Å²) >= 11 is 0. The standard InChI is InChI=1S/C17H31N3O2/c21-17(19-8-3-14-2-1-7-18-12-14)20-9-4-15(5-10-20)16-6-11-22-13-16/h14-16,18H,1-13H2,(H,19,21). The van der Waals surface area contributed by atoms with Crippen LogP contribution in [-0.2, 0) is 4.74 Å². The fourth-order valence-corrected chi connectivity index (χ4v) is 4.16. The van der Waals surface area contributed by atoms with E-state index in [9.17, 15) is 4.79 Å². The molecule has 2 atom stereocenters. The van der Waals surface area contributed by atoms with Crippen LogP contribution in [0.5, 0.6) is 0 Å². The van der Waals surface area contributed by atoms with Crippen molar-refractivity contribution in [2.24, 2.45) is 17.8 Å². The second-order valence-corrected chi connectivity index (χ2v) is 7.18. The maximum Gasteiger partial charge on any atom is 0.317 e. The number of nitrogens with one attached hydrogen (secondary N) is 2. The molecule has 0 spiro atoms. The zero-order valence-electron chi connectivity index (χ0n) is 13.7. The summed E-state index contributed by atoms with van der Waals surface area (Å²) in [6, 6.07) is 0.143. The molecule has 3 aliphatic heterocycles. The van der Waals surface area contributed by atoms with E-state index in [-0.39, 0.29) is 6.03 Å². The summed E-state index contributed by atoms with van der Waals surface area (Å²) < 4.78 is 5.50. The highest BCUT2D eigenvalue weighted by Crippen LogP contribution is 2.30. The minimum atomic E-state index is 0.143. The van der Waals surface area contributed by atoms with Crippen LogP contribution in [0.3, 0.4) is 0 Å². The fourth-order valence-electron chi connectivity index (χ4n) is 4.16. The van der Waals surface area contributed by atoms with Gasteiger partial charge in [-0.1, -0.05) is 0 Å². The molecular formula is C17H31N3O2. The average molecular weight is 309 g/mol. The summed E-state index contributed by atoms with van der Waals surface area (Å²) in [7, 11) is 0. The molecule has 2 unspecified atom stereocenters. The van der Waals surface area contributed by atoms with Gasteiger partial charge < -0.3 is 20.3 Å². The first kappa shape index (κ1) is 16.1. The van der Waals surface area contributed by atoms with E-state index in [4.69, 9.17) is 4.74 Å². The van der Waals surface area contributed by atoms with Gasteiger partial charge in [0.25, 0.3) is 0 Å². The molecular weight excluding hydrogens is 278 g/mol. The fraction of sp³-hybridized carbons (Fsp3) is 0.941. The minimum Gasteiger partial charge on any atom is -0.381 e. The predicted molar refractivity (Wildman–Crippen MR) is 86.8 cm³/mol. The van der Waals surface area contributed by atoms with Crippen LogP contribution in [0, 0.1) is 17.8 Å². The molecule has 126 valence electrons. The molecule has 0 bridgehead atoms. The number of piperidine rings is 2. The van der Waals surface area contributed by atoms with Crippen molar-refractivity contribution in [2.45, 2.75) is 38.5 Å². The number of urea groups is 1.